The molecule has 0 radical (unpaired) electrons. The van der Waals surface area contributed by atoms with Crippen LogP contribution in [0.1, 0.15) is 23.1 Å². The highest BCUT2D eigenvalue weighted by atomic mass is 35.5. The second kappa shape index (κ2) is 3.99. The van der Waals surface area contributed by atoms with Gasteiger partial charge in [-0.05, 0) is 59.7 Å². The number of benzene rings is 1. The van der Waals surface area contributed by atoms with Gasteiger partial charge in [0.15, 0.2) is 0 Å². The minimum Gasteiger partial charge on any atom is -0.276 e. The van der Waals surface area contributed by atoms with Crippen molar-refractivity contribution in [2.45, 2.75) is 19.8 Å². The SMILES string of the molecule is Cc1cc(Cl)c2c(c1)/C(=C/C(=O)Cl)CC2. The van der Waals surface area contributed by atoms with Crippen molar-refractivity contribution in [3.63, 3.8) is 0 Å². The molecular weight excluding hydrogens is 231 g/mol. The minimum atomic E-state index is -0.421. The molecule has 0 atom stereocenters. The number of rotatable bonds is 1. The third kappa shape index (κ3) is 2.09. The van der Waals surface area contributed by atoms with E-state index >= 15 is 0 Å². The first-order valence-electron chi connectivity index (χ1n) is 4.77. The molecule has 1 aliphatic carbocycles. The van der Waals surface area contributed by atoms with Gasteiger partial charge in [0.1, 0.15) is 0 Å². The van der Waals surface area contributed by atoms with Gasteiger partial charge in [-0.25, -0.2) is 0 Å². The smallest absolute Gasteiger partial charge is 0.245 e. The lowest BCUT2D eigenvalue weighted by molar-refractivity contribution is -0.107. The molecule has 78 valence electrons. The van der Waals surface area contributed by atoms with Gasteiger partial charge in [0, 0.05) is 11.1 Å². The summed E-state index contributed by atoms with van der Waals surface area (Å²) in [6, 6.07) is 4.01. The van der Waals surface area contributed by atoms with Gasteiger partial charge >= 0.3 is 0 Å². The molecule has 0 saturated heterocycles. The van der Waals surface area contributed by atoms with Crippen LogP contribution in [-0.4, -0.2) is 5.24 Å². The highest BCUT2D eigenvalue weighted by Crippen LogP contribution is 2.37. The Morgan fingerprint density at radius 3 is 2.80 bits per heavy atom. The van der Waals surface area contributed by atoms with Crippen molar-refractivity contribution < 1.29 is 4.79 Å². The largest absolute Gasteiger partial charge is 0.276 e. The second-order valence-corrected chi connectivity index (χ2v) is 4.53. The van der Waals surface area contributed by atoms with Gasteiger partial charge in [-0.3, -0.25) is 4.79 Å². The summed E-state index contributed by atoms with van der Waals surface area (Å²) < 4.78 is 0. The molecule has 1 aromatic carbocycles. The summed E-state index contributed by atoms with van der Waals surface area (Å²) in [7, 11) is 0. The first-order chi connectivity index (χ1) is 7.08. The fourth-order valence-electron chi connectivity index (χ4n) is 1.99. The van der Waals surface area contributed by atoms with Gasteiger partial charge < -0.3 is 0 Å². The lowest BCUT2D eigenvalue weighted by atomic mass is 10.0. The van der Waals surface area contributed by atoms with Gasteiger partial charge in [0.2, 0.25) is 5.24 Å². The Hall–Kier alpha value is -0.790. The lowest BCUT2D eigenvalue weighted by Crippen LogP contribution is -1.86. The van der Waals surface area contributed by atoms with Crippen LogP contribution in [0.15, 0.2) is 18.2 Å². The molecule has 0 amide bonds. The number of fused-ring (bicyclic) bond motifs is 1. The van der Waals surface area contributed by atoms with E-state index in [1.165, 1.54) is 6.08 Å². The summed E-state index contributed by atoms with van der Waals surface area (Å²) in [5.41, 5.74) is 4.31. The van der Waals surface area contributed by atoms with Gasteiger partial charge in [0.25, 0.3) is 0 Å². The Labute approximate surface area is 98.7 Å². The molecule has 15 heavy (non-hydrogen) atoms. The third-order valence-corrected chi connectivity index (χ3v) is 3.06. The Morgan fingerprint density at radius 2 is 2.13 bits per heavy atom. The van der Waals surface area contributed by atoms with Crippen LogP contribution in [0.2, 0.25) is 5.02 Å². The molecule has 1 aromatic rings. The van der Waals surface area contributed by atoms with Crippen LogP contribution in [0.25, 0.3) is 5.57 Å². The van der Waals surface area contributed by atoms with Crippen LogP contribution < -0.4 is 0 Å². The zero-order chi connectivity index (χ0) is 11.0. The van der Waals surface area contributed by atoms with Gasteiger partial charge in [0.05, 0.1) is 0 Å². The number of carbonyl (C=O) groups is 1. The molecule has 3 heteroatoms. The first-order valence-corrected chi connectivity index (χ1v) is 5.53. The maximum absolute atomic E-state index is 10.8. The summed E-state index contributed by atoms with van der Waals surface area (Å²) >= 11 is 11.5. The van der Waals surface area contributed by atoms with E-state index < -0.39 is 5.24 Å². The standard InChI is InChI=1S/C12H10Cl2O/c1-7-4-10-8(6-12(14)15)2-3-9(10)11(13)5-7/h4-6H,2-3H2,1H3/b8-6+. The van der Waals surface area contributed by atoms with E-state index in [-0.39, 0.29) is 0 Å². The fraction of sp³-hybridized carbons (Fsp3) is 0.250. The predicted molar refractivity (Wildman–Crippen MR) is 63.3 cm³/mol. The van der Waals surface area contributed by atoms with Gasteiger partial charge in [-0.1, -0.05) is 17.7 Å². The zero-order valence-electron chi connectivity index (χ0n) is 8.31. The molecule has 1 nitrogen and oxygen atoms in total. The molecule has 0 unspecified atom stereocenters. The van der Waals surface area contributed by atoms with Gasteiger partial charge in [-0.2, -0.15) is 0 Å². The van der Waals surface area contributed by atoms with Gasteiger partial charge in [-0.15, -0.1) is 0 Å². The summed E-state index contributed by atoms with van der Waals surface area (Å²) in [6.07, 6.45) is 3.23. The number of hydrogen-bond acceptors (Lipinski definition) is 1. The number of carbonyl (C=O) groups excluding carboxylic acids is 1. The first kappa shape index (κ1) is 10.7. The molecular formula is C12H10Cl2O. The topological polar surface area (TPSA) is 17.1 Å². The van der Waals surface area contributed by atoms with Crippen LogP contribution >= 0.6 is 23.2 Å². The number of aryl methyl sites for hydroxylation is 1. The van der Waals surface area contributed by atoms with Crippen LogP contribution in [0.3, 0.4) is 0 Å². The Kier molecular flexibility index (Phi) is 2.85. The Balaban J connectivity index is 2.55. The molecule has 0 spiro atoms. The average Bonchev–Trinajstić information content (AvgIpc) is 2.48. The third-order valence-electron chi connectivity index (χ3n) is 2.62. The van der Waals surface area contributed by atoms with E-state index in [1.807, 2.05) is 13.0 Å². The molecule has 0 aromatic heterocycles. The van der Waals surface area contributed by atoms with Crippen molar-refractivity contribution >= 4 is 34.0 Å². The van der Waals surface area contributed by atoms with Crippen LogP contribution in [0, 0.1) is 6.92 Å². The summed E-state index contributed by atoms with van der Waals surface area (Å²) in [5.74, 6) is 0. The molecule has 2 rings (SSSR count). The van der Waals surface area contributed by atoms with Crippen molar-refractivity contribution in [1.29, 1.82) is 0 Å². The highest BCUT2D eigenvalue weighted by Gasteiger charge is 2.19. The summed E-state index contributed by atoms with van der Waals surface area (Å²) in [4.78, 5) is 10.8. The van der Waals surface area contributed by atoms with E-state index in [0.717, 1.165) is 40.1 Å². The lowest BCUT2D eigenvalue weighted by Gasteiger charge is -2.04. The van der Waals surface area contributed by atoms with E-state index in [0.29, 0.717) is 0 Å². The highest BCUT2D eigenvalue weighted by molar-refractivity contribution is 6.67. The van der Waals surface area contributed by atoms with E-state index in [9.17, 15) is 4.79 Å². The number of allylic oxidation sites excluding steroid dienone is 2. The monoisotopic (exact) mass is 240 g/mol. The molecule has 0 N–H and O–H groups in total. The van der Waals surface area contributed by atoms with Crippen LogP contribution in [0.5, 0.6) is 0 Å². The van der Waals surface area contributed by atoms with Crippen molar-refractivity contribution in [3.8, 4) is 0 Å². The number of halogens is 2. The molecule has 1 aliphatic rings. The van der Waals surface area contributed by atoms with E-state index in [1.54, 1.807) is 0 Å². The molecule has 0 heterocycles. The fourth-order valence-corrected chi connectivity index (χ4v) is 2.49. The molecule has 0 saturated carbocycles. The minimum absolute atomic E-state index is 0.421. The molecule has 0 fully saturated rings. The quantitative estimate of drug-likeness (QED) is 0.540. The molecule has 0 aliphatic heterocycles. The van der Waals surface area contributed by atoms with E-state index in [4.69, 9.17) is 23.2 Å². The van der Waals surface area contributed by atoms with Crippen LogP contribution in [0.4, 0.5) is 0 Å². The molecule has 0 bridgehead atoms. The second-order valence-electron chi connectivity index (χ2n) is 3.75. The Bertz CT molecular complexity index is 461. The maximum Gasteiger partial charge on any atom is 0.245 e. The summed E-state index contributed by atoms with van der Waals surface area (Å²) in [6.45, 7) is 1.99. The Morgan fingerprint density at radius 1 is 1.40 bits per heavy atom. The van der Waals surface area contributed by atoms with Crippen molar-refractivity contribution in [1.82, 2.24) is 0 Å². The zero-order valence-corrected chi connectivity index (χ0v) is 9.82. The maximum atomic E-state index is 10.8. The number of hydrogen-bond donors (Lipinski definition) is 0. The van der Waals surface area contributed by atoms with E-state index in [2.05, 4.69) is 6.07 Å². The van der Waals surface area contributed by atoms with Crippen molar-refractivity contribution in [3.05, 3.63) is 39.9 Å². The summed E-state index contributed by atoms with van der Waals surface area (Å²) in [5, 5.41) is 0.367. The normalized spacial score (nSPS) is 16.9. The van der Waals surface area contributed by atoms with Crippen LogP contribution in [-0.2, 0) is 11.2 Å². The van der Waals surface area contributed by atoms with Crippen molar-refractivity contribution in [2.75, 3.05) is 0 Å². The predicted octanol–water partition coefficient (Wildman–Crippen LogP) is 3.74. The van der Waals surface area contributed by atoms with Crippen molar-refractivity contribution in [2.24, 2.45) is 0 Å². The average molecular weight is 241 g/mol.